The second-order valence-electron chi connectivity index (χ2n) is 7.14. The van der Waals surface area contributed by atoms with Gasteiger partial charge in [0.1, 0.15) is 0 Å². The first-order valence-corrected chi connectivity index (χ1v) is 7.86. The number of rotatable bonds is 3. The quantitative estimate of drug-likeness (QED) is 0.761. The highest BCUT2D eigenvalue weighted by Crippen LogP contribution is 2.36. The van der Waals surface area contributed by atoms with Gasteiger partial charge in [-0.25, -0.2) is 0 Å². The van der Waals surface area contributed by atoms with Crippen molar-refractivity contribution in [3.8, 4) is 0 Å². The summed E-state index contributed by atoms with van der Waals surface area (Å²) in [6.45, 7) is 7.34. The molecule has 1 heteroatoms. The van der Waals surface area contributed by atoms with Crippen molar-refractivity contribution in [2.45, 2.75) is 90.6 Å². The third-order valence-corrected chi connectivity index (χ3v) is 5.33. The molecule has 0 aromatic rings. The molecule has 2 atom stereocenters. The van der Waals surface area contributed by atoms with Crippen LogP contribution in [0.5, 0.6) is 0 Å². The van der Waals surface area contributed by atoms with Crippen molar-refractivity contribution in [3.63, 3.8) is 0 Å². The Morgan fingerprint density at radius 3 is 2.24 bits per heavy atom. The molecule has 0 bridgehead atoms. The molecule has 0 aromatic heterocycles. The van der Waals surface area contributed by atoms with Gasteiger partial charge in [-0.05, 0) is 43.9 Å². The van der Waals surface area contributed by atoms with Crippen LogP contribution in [0.1, 0.15) is 78.6 Å². The molecule has 17 heavy (non-hydrogen) atoms. The molecule has 2 aliphatic carbocycles. The SMILES string of the molecule is CC(NC1CCCCC1(C)C)C1CCCCC1. The molecule has 2 unspecified atom stereocenters. The maximum absolute atomic E-state index is 3.98. The molecule has 2 saturated carbocycles. The van der Waals surface area contributed by atoms with Gasteiger partial charge in [-0.3, -0.25) is 0 Å². The van der Waals surface area contributed by atoms with Crippen LogP contribution >= 0.6 is 0 Å². The minimum absolute atomic E-state index is 0.515. The summed E-state index contributed by atoms with van der Waals surface area (Å²) in [6.07, 6.45) is 13.0. The predicted octanol–water partition coefficient (Wildman–Crippen LogP) is 4.51. The van der Waals surface area contributed by atoms with Crippen LogP contribution in [0, 0.1) is 11.3 Å². The van der Waals surface area contributed by atoms with Crippen molar-refractivity contribution in [1.29, 1.82) is 0 Å². The lowest BCUT2D eigenvalue weighted by Crippen LogP contribution is -2.50. The van der Waals surface area contributed by atoms with Crippen molar-refractivity contribution in [2.75, 3.05) is 0 Å². The maximum Gasteiger partial charge on any atom is 0.0121 e. The summed E-state index contributed by atoms with van der Waals surface area (Å²) >= 11 is 0. The Labute approximate surface area is 108 Å². The van der Waals surface area contributed by atoms with Gasteiger partial charge in [-0.2, -0.15) is 0 Å². The van der Waals surface area contributed by atoms with Crippen molar-refractivity contribution in [1.82, 2.24) is 5.32 Å². The third kappa shape index (κ3) is 3.47. The van der Waals surface area contributed by atoms with Gasteiger partial charge in [0.25, 0.3) is 0 Å². The summed E-state index contributed by atoms with van der Waals surface area (Å²) in [7, 11) is 0. The number of nitrogens with one attached hydrogen (secondary N) is 1. The molecule has 0 heterocycles. The van der Waals surface area contributed by atoms with E-state index in [9.17, 15) is 0 Å². The number of hydrogen-bond donors (Lipinski definition) is 1. The van der Waals surface area contributed by atoms with E-state index in [-0.39, 0.29) is 0 Å². The summed E-state index contributed by atoms with van der Waals surface area (Å²) in [6, 6.07) is 1.49. The molecule has 0 radical (unpaired) electrons. The molecule has 2 aliphatic rings. The minimum Gasteiger partial charge on any atom is -0.311 e. The molecule has 100 valence electrons. The van der Waals surface area contributed by atoms with Crippen LogP contribution in [0.15, 0.2) is 0 Å². The van der Waals surface area contributed by atoms with Crippen LogP contribution < -0.4 is 5.32 Å². The Bertz CT molecular complexity index is 228. The Morgan fingerprint density at radius 1 is 0.941 bits per heavy atom. The summed E-state index contributed by atoms with van der Waals surface area (Å²) < 4.78 is 0. The minimum atomic E-state index is 0.515. The van der Waals surface area contributed by atoms with Gasteiger partial charge in [0, 0.05) is 12.1 Å². The van der Waals surface area contributed by atoms with Gasteiger partial charge < -0.3 is 5.32 Å². The lowest BCUT2D eigenvalue weighted by molar-refractivity contribution is 0.138. The van der Waals surface area contributed by atoms with E-state index in [4.69, 9.17) is 0 Å². The Morgan fingerprint density at radius 2 is 1.59 bits per heavy atom. The van der Waals surface area contributed by atoms with E-state index in [2.05, 4.69) is 26.1 Å². The first-order valence-electron chi connectivity index (χ1n) is 7.86. The Kier molecular flexibility index (Phi) is 4.52. The fourth-order valence-corrected chi connectivity index (χ4v) is 3.89. The van der Waals surface area contributed by atoms with Crippen molar-refractivity contribution in [2.24, 2.45) is 11.3 Å². The highest BCUT2D eigenvalue weighted by Gasteiger charge is 2.34. The van der Waals surface area contributed by atoms with Gasteiger partial charge in [-0.1, -0.05) is 46.0 Å². The average molecular weight is 237 g/mol. The Hall–Kier alpha value is -0.0400. The number of hydrogen-bond acceptors (Lipinski definition) is 1. The zero-order chi connectivity index (χ0) is 12.3. The first kappa shape index (κ1) is 13.4. The zero-order valence-corrected chi connectivity index (χ0v) is 12.1. The van der Waals surface area contributed by atoms with Gasteiger partial charge in [0.15, 0.2) is 0 Å². The second kappa shape index (κ2) is 5.73. The molecule has 0 aromatic carbocycles. The van der Waals surface area contributed by atoms with Crippen LogP contribution in [0.4, 0.5) is 0 Å². The molecule has 1 nitrogen and oxygen atoms in total. The fourth-order valence-electron chi connectivity index (χ4n) is 3.89. The molecule has 0 spiro atoms. The lowest BCUT2D eigenvalue weighted by Gasteiger charge is -2.42. The molecule has 2 fully saturated rings. The van der Waals surface area contributed by atoms with E-state index in [1.807, 2.05) is 0 Å². The smallest absolute Gasteiger partial charge is 0.0121 e. The topological polar surface area (TPSA) is 12.0 Å². The zero-order valence-electron chi connectivity index (χ0n) is 12.1. The van der Waals surface area contributed by atoms with Crippen LogP contribution in [-0.2, 0) is 0 Å². The largest absolute Gasteiger partial charge is 0.311 e. The van der Waals surface area contributed by atoms with Crippen LogP contribution in [0.2, 0.25) is 0 Å². The van der Waals surface area contributed by atoms with Crippen molar-refractivity contribution < 1.29 is 0 Å². The van der Waals surface area contributed by atoms with Gasteiger partial charge >= 0.3 is 0 Å². The fraction of sp³-hybridized carbons (Fsp3) is 1.00. The molecule has 0 saturated heterocycles. The molecule has 1 N–H and O–H groups in total. The van der Waals surface area contributed by atoms with Crippen molar-refractivity contribution >= 4 is 0 Å². The summed E-state index contributed by atoms with van der Waals surface area (Å²) in [5.41, 5.74) is 0.515. The third-order valence-electron chi connectivity index (χ3n) is 5.33. The van der Waals surface area contributed by atoms with E-state index in [0.717, 1.165) is 18.0 Å². The summed E-state index contributed by atoms with van der Waals surface area (Å²) in [4.78, 5) is 0. The standard InChI is InChI=1S/C16H31N/c1-13(14-9-5-4-6-10-14)17-15-11-7-8-12-16(15,2)3/h13-15,17H,4-12H2,1-3H3. The van der Waals surface area contributed by atoms with E-state index < -0.39 is 0 Å². The molecular weight excluding hydrogens is 206 g/mol. The van der Waals surface area contributed by atoms with Crippen molar-refractivity contribution in [3.05, 3.63) is 0 Å². The monoisotopic (exact) mass is 237 g/mol. The molecular formula is C16H31N. The average Bonchev–Trinajstić information content (AvgIpc) is 2.33. The first-order chi connectivity index (χ1) is 8.09. The highest BCUT2D eigenvalue weighted by atomic mass is 15.0. The van der Waals surface area contributed by atoms with Crippen LogP contribution in [-0.4, -0.2) is 12.1 Å². The van der Waals surface area contributed by atoms with E-state index in [0.29, 0.717) is 5.41 Å². The van der Waals surface area contributed by atoms with E-state index >= 15 is 0 Å². The predicted molar refractivity (Wildman–Crippen MR) is 75.2 cm³/mol. The molecule has 2 rings (SSSR count). The van der Waals surface area contributed by atoms with Crippen LogP contribution in [0.25, 0.3) is 0 Å². The normalized spacial score (nSPS) is 32.3. The summed E-state index contributed by atoms with van der Waals surface area (Å²) in [5.74, 6) is 0.946. The molecule has 0 aliphatic heterocycles. The Balaban J connectivity index is 1.85. The van der Waals surface area contributed by atoms with Gasteiger partial charge in [-0.15, -0.1) is 0 Å². The lowest BCUT2D eigenvalue weighted by atomic mass is 9.72. The van der Waals surface area contributed by atoms with Gasteiger partial charge in [0.2, 0.25) is 0 Å². The molecule has 0 amide bonds. The second-order valence-corrected chi connectivity index (χ2v) is 7.14. The van der Waals surface area contributed by atoms with E-state index in [1.165, 1.54) is 57.8 Å². The maximum atomic E-state index is 3.98. The van der Waals surface area contributed by atoms with Gasteiger partial charge in [0.05, 0.1) is 0 Å². The highest BCUT2D eigenvalue weighted by molar-refractivity contribution is 4.90. The van der Waals surface area contributed by atoms with E-state index in [1.54, 1.807) is 0 Å². The summed E-state index contributed by atoms with van der Waals surface area (Å²) in [5, 5.41) is 3.98. The van der Waals surface area contributed by atoms with Crippen LogP contribution in [0.3, 0.4) is 0 Å².